The van der Waals surface area contributed by atoms with Crippen molar-refractivity contribution in [2.24, 2.45) is 18.2 Å². The normalized spacial score (nSPS) is 16.2. The maximum absolute atomic E-state index is 12.5. The maximum atomic E-state index is 12.5. The first-order valence-corrected chi connectivity index (χ1v) is 8.37. The van der Waals surface area contributed by atoms with E-state index in [9.17, 15) is 4.79 Å². The number of piperazine rings is 1. The third-order valence-electron chi connectivity index (χ3n) is 4.92. The van der Waals surface area contributed by atoms with E-state index in [-0.39, 0.29) is 48.5 Å². The molecule has 1 amide bonds. The van der Waals surface area contributed by atoms with E-state index in [1.807, 2.05) is 37.4 Å². The molecule has 1 aliphatic rings. The fourth-order valence-corrected chi connectivity index (χ4v) is 2.96. The van der Waals surface area contributed by atoms with Crippen LogP contribution in [0.3, 0.4) is 0 Å². The van der Waals surface area contributed by atoms with E-state index in [4.69, 9.17) is 5.73 Å². The van der Waals surface area contributed by atoms with Crippen LogP contribution in [0.5, 0.6) is 0 Å². The second-order valence-electron chi connectivity index (χ2n) is 7.72. The highest BCUT2D eigenvalue weighted by Gasteiger charge is 2.32. The van der Waals surface area contributed by atoms with Gasteiger partial charge in [0, 0.05) is 51.0 Å². The summed E-state index contributed by atoms with van der Waals surface area (Å²) < 4.78 is 1.94. The van der Waals surface area contributed by atoms with Crippen LogP contribution in [-0.4, -0.2) is 57.7 Å². The van der Waals surface area contributed by atoms with Gasteiger partial charge in [0.1, 0.15) is 0 Å². The van der Waals surface area contributed by atoms with E-state index < -0.39 is 6.04 Å². The second kappa shape index (κ2) is 10.7. The summed E-state index contributed by atoms with van der Waals surface area (Å²) in [4.78, 5) is 16.8. The fourth-order valence-electron chi connectivity index (χ4n) is 2.96. The van der Waals surface area contributed by atoms with Crippen molar-refractivity contribution in [3.8, 4) is 0 Å². The third kappa shape index (κ3) is 6.27. The Kier molecular flexibility index (Phi) is 11.4. The van der Waals surface area contributed by atoms with Crippen LogP contribution in [0.1, 0.15) is 37.7 Å². The van der Waals surface area contributed by atoms with Crippen LogP contribution in [0.4, 0.5) is 0 Å². The van der Waals surface area contributed by atoms with Crippen LogP contribution in [0.15, 0.2) is 0 Å². The molecule has 1 aromatic rings. The van der Waals surface area contributed by atoms with Crippen molar-refractivity contribution in [3.05, 3.63) is 17.0 Å². The van der Waals surface area contributed by atoms with Gasteiger partial charge in [-0.15, -0.1) is 37.2 Å². The molecular formula is C17H34Cl3N5O. The van der Waals surface area contributed by atoms with E-state index in [0.717, 1.165) is 38.4 Å². The van der Waals surface area contributed by atoms with Crippen LogP contribution < -0.4 is 5.73 Å². The summed E-state index contributed by atoms with van der Waals surface area (Å²) in [5.41, 5.74) is 9.53. The van der Waals surface area contributed by atoms with Crippen LogP contribution in [0, 0.1) is 19.3 Å². The highest BCUT2D eigenvalue weighted by atomic mass is 35.5. The second-order valence-corrected chi connectivity index (χ2v) is 7.72. The minimum absolute atomic E-state index is 0. The SMILES string of the molecule is Cc1nn(C)c(C)c1CN1CCN(C(=O)[C@@H](N)C(C)(C)C)CC1.Cl.Cl.Cl. The number of rotatable bonds is 3. The zero-order valence-corrected chi connectivity index (χ0v) is 19.1. The highest BCUT2D eigenvalue weighted by molar-refractivity contribution is 5.86. The number of hydrogen-bond donors (Lipinski definition) is 1. The largest absolute Gasteiger partial charge is 0.339 e. The molecule has 0 saturated carbocycles. The summed E-state index contributed by atoms with van der Waals surface area (Å²) in [6, 6.07) is -0.433. The smallest absolute Gasteiger partial charge is 0.240 e. The van der Waals surface area contributed by atoms with Gasteiger partial charge in [0.25, 0.3) is 0 Å². The molecule has 0 aromatic carbocycles. The number of nitrogens with zero attached hydrogens (tertiary/aromatic N) is 4. The van der Waals surface area contributed by atoms with E-state index in [1.54, 1.807) is 0 Å². The Balaban J connectivity index is 0. The van der Waals surface area contributed by atoms with Crippen LogP contribution >= 0.6 is 37.2 Å². The zero-order chi connectivity index (χ0) is 17.4. The maximum Gasteiger partial charge on any atom is 0.240 e. The molecule has 0 bridgehead atoms. The lowest BCUT2D eigenvalue weighted by Crippen LogP contribution is -2.56. The molecule has 26 heavy (non-hydrogen) atoms. The minimum Gasteiger partial charge on any atom is -0.339 e. The molecule has 2 rings (SSSR count). The van der Waals surface area contributed by atoms with Crippen molar-refractivity contribution in [3.63, 3.8) is 0 Å². The predicted molar refractivity (Wildman–Crippen MR) is 114 cm³/mol. The van der Waals surface area contributed by atoms with Crippen molar-refractivity contribution < 1.29 is 4.79 Å². The standard InChI is InChI=1S/C17H31N5O.3ClH/c1-12-14(13(2)20(6)19-12)11-21-7-9-22(10-8-21)16(23)15(18)17(3,4)5;;;/h15H,7-11,18H2,1-6H3;3*1H/t15-;;;/m1.../s1. The first kappa shape index (κ1) is 27.7. The Morgan fingerprint density at radius 3 is 2.00 bits per heavy atom. The number of halogens is 3. The Bertz CT molecular complexity index is 578. The Morgan fingerprint density at radius 1 is 1.12 bits per heavy atom. The van der Waals surface area contributed by atoms with Crippen molar-refractivity contribution in [1.29, 1.82) is 0 Å². The van der Waals surface area contributed by atoms with E-state index in [1.165, 1.54) is 11.3 Å². The Morgan fingerprint density at radius 2 is 1.62 bits per heavy atom. The van der Waals surface area contributed by atoms with E-state index in [2.05, 4.69) is 23.8 Å². The lowest BCUT2D eigenvalue weighted by Gasteiger charge is -2.38. The van der Waals surface area contributed by atoms with Gasteiger partial charge in [0.15, 0.2) is 0 Å². The van der Waals surface area contributed by atoms with E-state index in [0.29, 0.717) is 0 Å². The topological polar surface area (TPSA) is 67.4 Å². The number of aryl methyl sites for hydroxylation is 2. The molecule has 2 heterocycles. The molecule has 1 aliphatic heterocycles. The summed E-state index contributed by atoms with van der Waals surface area (Å²) in [7, 11) is 1.98. The highest BCUT2D eigenvalue weighted by Crippen LogP contribution is 2.20. The molecule has 154 valence electrons. The number of nitrogens with two attached hydrogens (primary N) is 1. The Hall–Kier alpha value is -0.530. The lowest BCUT2D eigenvalue weighted by atomic mass is 9.86. The quantitative estimate of drug-likeness (QED) is 0.799. The molecule has 0 radical (unpaired) electrons. The van der Waals surface area contributed by atoms with Crippen molar-refractivity contribution in [1.82, 2.24) is 19.6 Å². The molecule has 6 nitrogen and oxygen atoms in total. The number of aromatic nitrogens is 2. The fraction of sp³-hybridized carbons (Fsp3) is 0.765. The van der Waals surface area contributed by atoms with Gasteiger partial charge in [-0.2, -0.15) is 5.10 Å². The molecule has 2 N–H and O–H groups in total. The molecule has 0 aliphatic carbocycles. The summed E-state index contributed by atoms with van der Waals surface area (Å²) in [5, 5.41) is 4.48. The molecule has 1 saturated heterocycles. The predicted octanol–water partition coefficient (Wildman–Crippen LogP) is 2.32. The van der Waals surface area contributed by atoms with Gasteiger partial charge in [0.2, 0.25) is 5.91 Å². The van der Waals surface area contributed by atoms with Crippen LogP contribution in [0.2, 0.25) is 0 Å². The molecule has 1 atom stereocenters. The van der Waals surface area contributed by atoms with Gasteiger partial charge in [-0.25, -0.2) is 0 Å². The third-order valence-corrected chi connectivity index (χ3v) is 4.92. The van der Waals surface area contributed by atoms with Gasteiger partial charge in [-0.1, -0.05) is 20.8 Å². The number of carbonyl (C=O) groups excluding carboxylic acids is 1. The molecular weight excluding hydrogens is 397 g/mol. The van der Waals surface area contributed by atoms with Crippen molar-refractivity contribution in [2.75, 3.05) is 26.2 Å². The van der Waals surface area contributed by atoms with Crippen molar-refractivity contribution >= 4 is 43.1 Å². The van der Waals surface area contributed by atoms with Gasteiger partial charge < -0.3 is 10.6 Å². The average molecular weight is 431 g/mol. The molecule has 0 spiro atoms. The zero-order valence-electron chi connectivity index (χ0n) is 16.6. The number of hydrogen-bond acceptors (Lipinski definition) is 4. The lowest BCUT2D eigenvalue weighted by molar-refractivity contribution is -0.136. The minimum atomic E-state index is -0.433. The first-order valence-electron chi connectivity index (χ1n) is 8.37. The first-order chi connectivity index (χ1) is 10.6. The van der Waals surface area contributed by atoms with Crippen LogP contribution in [0.25, 0.3) is 0 Å². The number of amides is 1. The molecule has 0 unspecified atom stereocenters. The van der Waals surface area contributed by atoms with Crippen LogP contribution in [-0.2, 0) is 18.4 Å². The summed E-state index contributed by atoms with van der Waals surface area (Å²) in [6.45, 7) is 14.4. The molecule has 1 fully saturated rings. The summed E-state index contributed by atoms with van der Waals surface area (Å²) in [5.74, 6) is 0.0749. The monoisotopic (exact) mass is 429 g/mol. The molecule has 9 heteroatoms. The van der Waals surface area contributed by atoms with Gasteiger partial charge >= 0.3 is 0 Å². The molecule has 1 aromatic heterocycles. The average Bonchev–Trinajstić information content (AvgIpc) is 2.72. The van der Waals surface area contributed by atoms with Crippen molar-refractivity contribution in [2.45, 2.75) is 47.2 Å². The summed E-state index contributed by atoms with van der Waals surface area (Å²) >= 11 is 0. The Labute approximate surface area is 176 Å². The summed E-state index contributed by atoms with van der Waals surface area (Å²) in [6.07, 6.45) is 0. The number of carbonyl (C=O) groups is 1. The van der Waals surface area contributed by atoms with Gasteiger partial charge in [0.05, 0.1) is 11.7 Å². The van der Waals surface area contributed by atoms with Gasteiger partial charge in [-0.05, 0) is 19.3 Å². The van der Waals surface area contributed by atoms with Gasteiger partial charge in [-0.3, -0.25) is 14.4 Å². The van der Waals surface area contributed by atoms with E-state index >= 15 is 0 Å².